The third-order valence-corrected chi connectivity index (χ3v) is 2.82. The number of aromatic carboxylic acids is 1. The summed E-state index contributed by atoms with van der Waals surface area (Å²) in [6.07, 6.45) is 1.66. The molecule has 18 heavy (non-hydrogen) atoms. The molecule has 0 atom stereocenters. The van der Waals surface area contributed by atoms with Crippen molar-refractivity contribution in [3.8, 4) is 6.07 Å². The second-order valence-electron chi connectivity index (χ2n) is 3.23. The number of carbonyl (C=O) groups is 2. The largest absolute Gasteiger partial charge is 0.478 e. The lowest BCUT2D eigenvalue weighted by atomic mass is 10.3. The minimum Gasteiger partial charge on any atom is -0.478 e. The van der Waals surface area contributed by atoms with Crippen LogP contribution in [0.2, 0.25) is 0 Å². The van der Waals surface area contributed by atoms with E-state index in [1.807, 2.05) is 6.07 Å². The maximum atomic E-state index is 11.3. The van der Waals surface area contributed by atoms with Crippen LogP contribution in [0.25, 0.3) is 0 Å². The molecule has 0 unspecified atom stereocenters. The lowest BCUT2D eigenvalue weighted by Gasteiger charge is -2.03. The fourth-order valence-electron chi connectivity index (χ4n) is 1.07. The molecular formula is C11H11N3O3S. The summed E-state index contributed by atoms with van der Waals surface area (Å²) in [5.74, 6) is -1.10. The standard InChI is InChI=1S/C11H11N3O3S/c12-3-1-4-13-9(15)7-18-10-6-8(11(16)17)2-5-14-10/h2,5-6H,1,4,7H2,(H,13,15)(H,16,17). The quantitative estimate of drug-likeness (QED) is 0.585. The number of carboxylic acid groups (broad SMARTS) is 1. The van der Waals surface area contributed by atoms with Crippen LogP contribution in [0, 0.1) is 11.3 Å². The Hall–Kier alpha value is -2.07. The number of pyridine rings is 1. The van der Waals surface area contributed by atoms with E-state index in [0.29, 0.717) is 11.6 Å². The number of carbonyl (C=O) groups excluding carboxylic acids is 1. The number of rotatable bonds is 6. The van der Waals surface area contributed by atoms with Crippen LogP contribution in [0.5, 0.6) is 0 Å². The normalized spacial score (nSPS) is 9.50. The molecule has 7 heteroatoms. The van der Waals surface area contributed by atoms with Crippen LogP contribution in [0.15, 0.2) is 23.4 Å². The van der Waals surface area contributed by atoms with Crippen molar-refractivity contribution in [2.24, 2.45) is 0 Å². The van der Waals surface area contributed by atoms with Gasteiger partial charge >= 0.3 is 5.97 Å². The van der Waals surface area contributed by atoms with Crippen LogP contribution in [-0.4, -0.2) is 34.3 Å². The number of nitrogens with zero attached hydrogens (tertiary/aromatic N) is 2. The molecule has 1 aromatic rings. The Morgan fingerprint density at radius 1 is 1.56 bits per heavy atom. The molecule has 0 saturated heterocycles. The van der Waals surface area contributed by atoms with Gasteiger partial charge in [0.05, 0.1) is 28.8 Å². The molecule has 0 aromatic carbocycles. The zero-order valence-electron chi connectivity index (χ0n) is 9.42. The van der Waals surface area contributed by atoms with Gasteiger partial charge in [-0.15, -0.1) is 0 Å². The third-order valence-electron chi connectivity index (χ3n) is 1.89. The molecule has 0 aliphatic carbocycles. The van der Waals surface area contributed by atoms with Gasteiger partial charge in [0.15, 0.2) is 0 Å². The van der Waals surface area contributed by atoms with E-state index in [0.717, 1.165) is 11.8 Å². The average molecular weight is 265 g/mol. The van der Waals surface area contributed by atoms with Gasteiger partial charge < -0.3 is 10.4 Å². The van der Waals surface area contributed by atoms with E-state index in [-0.39, 0.29) is 23.6 Å². The van der Waals surface area contributed by atoms with Crippen LogP contribution in [0.4, 0.5) is 0 Å². The Labute approximate surface area is 108 Å². The van der Waals surface area contributed by atoms with E-state index in [1.165, 1.54) is 18.3 Å². The van der Waals surface area contributed by atoms with Crippen molar-refractivity contribution >= 4 is 23.6 Å². The van der Waals surface area contributed by atoms with E-state index in [2.05, 4.69) is 10.3 Å². The minimum atomic E-state index is -1.03. The molecule has 0 saturated carbocycles. The summed E-state index contributed by atoms with van der Waals surface area (Å²) in [4.78, 5) is 26.0. The Bertz CT molecular complexity index is 485. The fourth-order valence-corrected chi connectivity index (χ4v) is 1.80. The first-order valence-corrected chi connectivity index (χ1v) is 6.08. The molecule has 0 aliphatic heterocycles. The molecule has 2 N–H and O–H groups in total. The van der Waals surface area contributed by atoms with Crippen molar-refractivity contribution in [3.05, 3.63) is 23.9 Å². The summed E-state index contributed by atoms with van der Waals surface area (Å²) >= 11 is 1.15. The van der Waals surface area contributed by atoms with Gasteiger partial charge in [-0.2, -0.15) is 5.26 Å². The van der Waals surface area contributed by atoms with Gasteiger partial charge in [-0.05, 0) is 12.1 Å². The number of thioether (sulfide) groups is 1. The van der Waals surface area contributed by atoms with Gasteiger partial charge in [0.2, 0.25) is 5.91 Å². The van der Waals surface area contributed by atoms with E-state index < -0.39 is 5.97 Å². The van der Waals surface area contributed by atoms with Gasteiger partial charge in [-0.1, -0.05) is 11.8 Å². The zero-order chi connectivity index (χ0) is 13.4. The maximum absolute atomic E-state index is 11.3. The molecule has 0 radical (unpaired) electrons. The third kappa shape index (κ3) is 4.84. The Morgan fingerprint density at radius 2 is 2.33 bits per heavy atom. The molecule has 1 aromatic heterocycles. The highest BCUT2D eigenvalue weighted by Crippen LogP contribution is 2.15. The first kappa shape index (κ1) is 14.0. The average Bonchev–Trinajstić information content (AvgIpc) is 2.37. The molecule has 6 nitrogen and oxygen atoms in total. The van der Waals surface area contributed by atoms with Gasteiger partial charge in [0.25, 0.3) is 0 Å². The van der Waals surface area contributed by atoms with Crippen molar-refractivity contribution in [2.75, 3.05) is 12.3 Å². The number of hydrogen-bond donors (Lipinski definition) is 2. The van der Waals surface area contributed by atoms with Crippen molar-refractivity contribution in [1.82, 2.24) is 10.3 Å². The Balaban J connectivity index is 2.44. The van der Waals surface area contributed by atoms with E-state index in [4.69, 9.17) is 10.4 Å². The fraction of sp³-hybridized carbons (Fsp3) is 0.273. The molecule has 0 spiro atoms. The molecule has 0 aliphatic rings. The Morgan fingerprint density at radius 3 is 3.00 bits per heavy atom. The molecule has 0 fully saturated rings. The monoisotopic (exact) mass is 265 g/mol. The molecule has 94 valence electrons. The van der Waals surface area contributed by atoms with Crippen LogP contribution in [0.3, 0.4) is 0 Å². The summed E-state index contributed by atoms with van der Waals surface area (Å²) in [7, 11) is 0. The number of aromatic nitrogens is 1. The highest BCUT2D eigenvalue weighted by atomic mass is 32.2. The van der Waals surface area contributed by atoms with Crippen LogP contribution in [0.1, 0.15) is 16.8 Å². The van der Waals surface area contributed by atoms with Crippen molar-refractivity contribution in [3.63, 3.8) is 0 Å². The van der Waals surface area contributed by atoms with E-state index in [1.54, 1.807) is 0 Å². The highest BCUT2D eigenvalue weighted by molar-refractivity contribution is 7.99. The Kier molecular flexibility index (Phi) is 5.67. The lowest BCUT2D eigenvalue weighted by molar-refractivity contribution is -0.118. The van der Waals surface area contributed by atoms with Crippen LogP contribution in [-0.2, 0) is 4.79 Å². The predicted molar refractivity (Wildman–Crippen MR) is 65.2 cm³/mol. The summed E-state index contributed by atoms with van der Waals surface area (Å²) in [6.45, 7) is 0.318. The summed E-state index contributed by atoms with van der Waals surface area (Å²) < 4.78 is 0. The van der Waals surface area contributed by atoms with Crippen molar-refractivity contribution in [1.29, 1.82) is 5.26 Å². The molecular weight excluding hydrogens is 254 g/mol. The minimum absolute atomic E-state index is 0.136. The summed E-state index contributed by atoms with van der Waals surface area (Å²) in [5, 5.41) is 20.1. The number of carboxylic acids is 1. The number of nitrogens with one attached hydrogen (secondary N) is 1. The van der Waals surface area contributed by atoms with Gasteiger partial charge in [-0.3, -0.25) is 4.79 Å². The summed E-state index contributed by atoms with van der Waals surface area (Å²) in [6, 6.07) is 4.72. The molecule has 1 heterocycles. The van der Waals surface area contributed by atoms with Gasteiger partial charge in [0, 0.05) is 12.7 Å². The van der Waals surface area contributed by atoms with Gasteiger partial charge in [-0.25, -0.2) is 9.78 Å². The number of amides is 1. The van der Waals surface area contributed by atoms with Crippen molar-refractivity contribution < 1.29 is 14.7 Å². The smallest absolute Gasteiger partial charge is 0.335 e. The molecule has 0 bridgehead atoms. The van der Waals surface area contributed by atoms with Crippen LogP contribution >= 0.6 is 11.8 Å². The van der Waals surface area contributed by atoms with E-state index >= 15 is 0 Å². The first-order chi connectivity index (χ1) is 8.63. The topological polar surface area (TPSA) is 103 Å². The zero-order valence-corrected chi connectivity index (χ0v) is 10.2. The summed E-state index contributed by atoms with van der Waals surface area (Å²) in [5.41, 5.74) is 0.136. The first-order valence-electron chi connectivity index (χ1n) is 5.09. The van der Waals surface area contributed by atoms with Crippen molar-refractivity contribution in [2.45, 2.75) is 11.4 Å². The number of hydrogen-bond acceptors (Lipinski definition) is 5. The number of nitriles is 1. The SMILES string of the molecule is N#CCCNC(=O)CSc1cc(C(=O)O)ccn1. The van der Waals surface area contributed by atoms with Crippen LogP contribution < -0.4 is 5.32 Å². The predicted octanol–water partition coefficient (Wildman–Crippen LogP) is 0.902. The van der Waals surface area contributed by atoms with E-state index in [9.17, 15) is 9.59 Å². The lowest BCUT2D eigenvalue weighted by Crippen LogP contribution is -2.25. The van der Waals surface area contributed by atoms with Gasteiger partial charge in [0.1, 0.15) is 0 Å². The molecule has 1 amide bonds. The second-order valence-corrected chi connectivity index (χ2v) is 4.23. The maximum Gasteiger partial charge on any atom is 0.335 e. The second kappa shape index (κ2) is 7.29. The molecule has 1 rings (SSSR count). The highest BCUT2D eigenvalue weighted by Gasteiger charge is 2.06.